The van der Waals surface area contributed by atoms with Gasteiger partial charge in [0.2, 0.25) is 0 Å². The highest BCUT2D eigenvalue weighted by atomic mass is 16.2. The first-order chi connectivity index (χ1) is 12.7. The number of hydrogen-bond donors (Lipinski definition) is 0. The molecule has 0 spiro atoms. The molecule has 2 heterocycles. The molecular formula is C22H20N2O2. The first-order valence-electron chi connectivity index (χ1n) is 9.29. The zero-order chi connectivity index (χ0) is 17.7. The summed E-state index contributed by atoms with van der Waals surface area (Å²) >= 11 is 0. The van der Waals surface area contributed by atoms with E-state index in [9.17, 15) is 9.59 Å². The van der Waals surface area contributed by atoms with E-state index in [1.807, 2.05) is 18.2 Å². The molecule has 0 radical (unpaired) electrons. The number of nitrogens with zero attached hydrogens (tertiary/aromatic N) is 2. The summed E-state index contributed by atoms with van der Waals surface area (Å²) in [6.07, 6.45) is 4.88. The van der Waals surface area contributed by atoms with Crippen molar-refractivity contribution < 1.29 is 9.59 Å². The maximum absolute atomic E-state index is 13.3. The van der Waals surface area contributed by atoms with E-state index >= 15 is 0 Å². The molecule has 1 unspecified atom stereocenters. The maximum atomic E-state index is 13.3. The van der Waals surface area contributed by atoms with Gasteiger partial charge in [0.25, 0.3) is 5.91 Å². The third-order valence-corrected chi connectivity index (χ3v) is 5.97. The normalized spacial score (nSPS) is 23.4. The van der Waals surface area contributed by atoms with E-state index in [-0.39, 0.29) is 17.7 Å². The summed E-state index contributed by atoms with van der Waals surface area (Å²) in [6, 6.07) is 14.4. The number of likely N-dealkylation sites (tertiary alicyclic amines) is 1. The van der Waals surface area contributed by atoms with Gasteiger partial charge in [-0.3, -0.25) is 14.6 Å². The average molecular weight is 344 g/mol. The molecule has 1 amide bonds. The van der Waals surface area contributed by atoms with Crippen LogP contribution in [0.1, 0.15) is 45.8 Å². The molecule has 130 valence electrons. The van der Waals surface area contributed by atoms with E-state index in [0.717, 1.165) is 37.1 Å². The third kappa shape index (κ3) is 2.40. The molecule has 2 aliphatic heterocycles. The Morgan fingerprint density at radius 3 is 2.92 bits per heavy atom. The molecule has 4 heteroatoms. The van der Waals surface area contributed by atoms with Gasteiger partial charge in [0.05, 0.1) is 11.9 Å². The predicted molar refractivity (Wildman–Crippen MR) is 100 cm³/mol. The number of fused-ring (bicyclic) bond motifs is 4. The zero-order valence-corrected chi connectivity index (χ0v) is 14.5. The number of benzene rings is 2. The van der Waals surface area contributed by atoms with Crippen LogP contribution < -0.4 is 0 Å². The van der Waals surface area contributed by atoms with Crippen molar-refractivity contribution in [1.29, 1.82) is 0 Å². The van der Waals surface area contributed by atoms with Gasteiger partial charge in [-0.05, 0) is 48.1 Å². The summed E-state index contributed by atoms with van der Waals surface area (Å²) in [5, 5.41) is 0. The number of amides is 1. The van der Waals surface area contributed by atoms with Crippen molar-refractivity contribution >= 4 is 23.6 Å². The van der Waals surface area contributed by atoms with Crippen LogP contribution >= 0.6 is 0 Å². The van der Waals surface area contributed by atoms with E-state index in [2.05, 4.69) is 34.2 Å². The minimum Gasteiger partial charge on any atom is -0.335 e. The topological polar surface area (TPSA) is 49.7 Å². The highest BCUT2D eigenvalue weighted by Crippen LogP contribution is 2.42. The largest absolute Gasteiger partial charge is 0.335 e. The molecule has 1 saturated heterocycles. The van der Waals surface area contributed by atoms with E-state index in [4.69, 9.17) is 0 Å². The van der Waals surface area contributed by atoms with Crippen LogP contribution in [0.15, 0.2) is 47.5 Å². The lowest BCUT2D eigenvalue weighted by Gasteiger charge is -2.38. The van der Waals surface area contributed by atoms with Gasteiger partial charge in [0.15, 0.2) is 5.78 Å². The standard InChI is InChI=1S/C22H20N2O2/c25-17-10-15-7-8-16(11-20(15)23-13-17)22(26)24-9-3-6-19-18-5-2-1-4-14(18)12-21(19)24/h1-2,4-5,7-8,11,13,19,21H,3,6,9-10,12H2/t19?,21-/m0/s1. The molecule has 0 saturated carbocycles. The first-order valence-corrected chi connectivity index (χ1v) is 9.29. The summed E-state index contributed by atoms with van der Waals surface area (Å²) in [5.41, 5.74) is 5.13. The van der Waals surface area contributed by atoms with Crippen molar-refractivity contribution in [1.82, 2.24) is 4.90 Å². The van der Waals surface area contributed by atoms with Crippen LogP contribution in [-0.2, 0) is 17.6 Å². The summed E-state index contributed by atoms with van der Waals surface area (Å²) in [7, 11) is 0. The van der Waals surface area contributed by atoms with E-state index in [0.29, 0.717) is 17.9 Å². The van der Waals surface area contributed by atoms with E-state index in [1.165, 1.54) is 17.3 Å². The molecule has 2 aromatic rings. The van der Waals surface area contributed by atoms with Crippen LogP contribution in [0.25, 0.3) is 0 Å². The maximum Gasteiger partial charge on any atom is 0.254 e. The monoisotopic (exact) mass is 344 g/mol. The van der Waals surface area contributed by atoms with Gasteiger partial charge in [-0.2, -0.15) is 0 Å². The number of Topliss-reactive ketones (excluding diaryl/α,β-unsaturated/α-hetero) is 1. The molecule has 2 aromatic carbocycles. The molecular weight excluding hydrogens is 324 g/mol. The lowest BCUT2D eigenvalue weighted by atomic mass is 9.88. The minimum absolute atomic E-state index is 0.0131. The van der Waals surface area contributed by atoms with Crippen molar-refractivity contribution in [3.05, 3.63) is 64.7 Å². The van der Waals surface area contributed by atoms with Crippen molar-refractivity contribution in [3.8, 4) is 0 Å². The van der Waals surface area contributed by atoms with Gasteiger partial charge in [-0.1, -0.05) is 30.3 Å². The van der Waals surface area contributed by atoms with Crippen molar-refractivity contribution in [2.75, 3.05) is 6.54 Å². The number of rotatable bonds is 1. The molecule has 1 aliphatic carbocycles. The Morgan fingerprint density at radius 2 is 2.00 bits per heavy atom. The number of hydrogen-bond acceptors (Lipinski definition) is 3. The number of piperidine rings is 1. The molecule has 1 fully saturated rings. The summed E-state index contributed by atoms with van der Waals surface area (Å²) in [4.78, 5) is 31.0. The molecule has 0 bridgehead atoms. The van der Waals surface area contributed by atoms with E-state index in [1.54, 1.807) is 0 Å². The zero-order valence-electron chi connectivity index (χ0n) is 14.5. The number of ketones is 1. The Bertz CT molecular complexity index is 947. The predicted octanol–water partition coefficient (Wildman–Crippen LogP) is 3.46. The Balaban J connectivity index is 1.45. The lowest BCUT2D eigenvalue weighted by molar-refractivity contribution is -0.112. The van der Waals surface area contributed by atoms with Gasteiger partial charge >= 0.3 is 0 Å². The van der Waals surface area contributed by atoms with Gasteiger partial charge < -0.3 is 4.90 Å². The van der Waals surface area contributed by atoms with Crippen LogP contribution in [0, 0.1) is 0 Å². The Kier molecular flexibility index (Phi) is 3.52. The fourth-order valence-electron chi connectivity index (χ4n) is 4.74. The number of aliphatic imine (C=N–C) groups is 1. The molecule has 0 N–H and O–H groups in total. The Hall–Kier alpha value is -2.75. The van der Waals surface area contributed by atoms with Gasteiger partial charge in [-0.15, -0.1) is 0 Å². The number of carbonyl (C=O) groups excluding carboxylic acids is 2. The lowest BCUT2D eigenvalue weighted by Crippen LogP contribution is -2.46. The van der Waals surface area contributed by atoms with Crippen LogP contribution in [0.2, 0.25) is 0 Å². The third-order valence-electron chi connectivity index (χ3n) is 5.97. The van der Waals surface area contributed by atoms with Crippen LogP contribution in [0.3, 0.4) is 0 Å². The van der Waals surface area contributed by atoms with Crippen molar-refractivity contribution in [2.45, 2.75) is 37.6 Å². The SMILES string of the molecule is O=C1C=Nc2cc(C(=O)N3CCCC4c5ccccc5C[C@@H]43)ccc2C1. The second-order valence-corrected chi connectivity index (χ2v) is 7.46. The smallest absolute Gasteiger partial charge is 0.254 e. The van der Waals surface area contributed by atoms with Gasteiger partial charge in [-0.25, -0.2) is 0 Å². The highest BCUT2D eigenvalue weighted by Gasteiger charge is 2.40. The number of carbonyl (C=O) groups is 2. The van der Waals surface area contributed by atoms with Crippen LogP contribution in [0.5, 0.6) is 0 Å². The summed E-state index contributed by atoms with van der Waals surface area (Å²) in [6.45, 7) is 0.812. The Morgan fingerprint density at radius 1 is 1.12 bits per heavy atom. The van der Waals surface area contributed by atoms with Crippen molar-refractivity contribution in [2.24, 2.45) is 4.99 Å². The second-order valence-electron chi connectivity index (χ2n) is 7.46. The fourth-order valence-corrected chi connectivity index (χ4v) is 4.74. The molecule has 26 heavy (non-hydrogen) atoms. The van der Waals surface area contributed by atoms with E-state index < -0.39 is 0 Å². The highest BCUT2D eigenvalue weighted by molar-refractivity contribution is 6.29. The molecule has 5 rings (SSSR count). The Labute approximate surface area is 152 Å². The fraction of sp³-hybridized carbons (Fsp3) is 0.318. The summed E-state index contributed by atoms with van der Waals surface area (Å²) < 4.78 is 0. The van der Waals surface area contributed by atoms with Gasteiger partial charge in [0, 0.05) is 30.5 Å². The summed E-state index contributed by atoms with van der Waals surface area (Å²) in [5.74, 6) is 0.554. The minimum atomic E-state index is 0.0131. The quantitative estimate of drug-likeness (QED) is 0.795. The van der Waals surface area contributed by atoms with Gasteiger partial charge in [0.1, 0.15) is 0 Å². The molecule has 4 nitrogen and oxygen atoms in total. The second kappa shape index (κ2) is 5.90. The molecule has 3 aliphatic rings. The average Bonchev–Trinajstić information content (AvgIpc) is 3.06. The van der Waals surface area contributed by atoms with Crippen molar-refractivity contribution in [3.63, 3.8) is 0 Å². The van der Waals surface area contributed by atoms with Crippen LogP contribution in [0.4, 0.5) is 5.69 Å². The molecule has 2 atom stereocenters. The first kappa shape index (κ1) is 15.5. The molecule has 0 aromatic heterocycles. The van der Waals surface area contributed by atoms with Crippen LogP contribution in [-0.4, -0.2) is 35.4 Å².